The molecule has 29 heavy (non-hydrogen) atoms. The molecule has 10 heteroatoms. The maximum absolute atomic E-state index is 13.5. The first-order valence-corrected chi connectivity index (χ1v) is 8.64. The molecule has 3 rings (SSSR count). The molecule has 0 unspecified atom stereocenters. The van der Waals surface area contributed by atoms with Gasteiger partial charge < -0.3 is 10.6 Å². The lowest BCUT2D eigenvalue weighted by molar-refractivity contribution is -0.124. The molecule has 1 heterocycles. The monoisotopic (exact) mass is 406 g/mol. The van der Waals surface area contributed by atoms with Crippen LogP contribution in [0.3, 0.4) is 0 Å². The lowest BCUT2D eigenvalue weighted by Crippen LogP contribution is -2.34. The van der Waals surface area contributed by atoms with Gasteiger partial charge in [-0.25, -0.2) is 18.0 Å². The van der Waals surface area contributed by atoms with Crippen LogP contribution in [0.2, 0.25) is 0 Å². The van der Waals surface area contributed by atoms with Gasteiger partial charge in [0.25, 0.3) is 0 Å². The van der Waals surface area contributed by atoms with Crippen LogP contribution >= 0.6 is 0 Å². The number of amides is 2. The van der Waals surface area contributed by atoms with E-state index in [9.17, 15) is 27.6 Å². The first-order valence-electron chi connectivity index (χ1n) is 8.64. The molecule has 0 saturated heterocycles. The Labute approximate surface area is 162 Å². The lowest BCUT2D eigenvalue weighted by atomic mass is 10.2. The average Bonchev–Trinajstić information content (AvgIpc) is 2.96. The van der Waals surface area contributed by atoms with Gasteiger partial charge in [-0.15, -0.1) is 0 Å². The van der Waals surface area contributed by atoms with Crippen molar-refractivity contribution in [2.24, 2.45) is 7.05 Å². The van der Waals surface area contributed by atoms with Crippen molar-refractivity contribution < 1.29 is 22.8 Å². The molecule has 0 bridgehead atoms. The predicted octanol–water partition coefficient (Wildman–Crippen LogP) is 1.90. The molecule has 0 saturated carbocycles. The van der Waals surface area contributed by atoms with E-state index < -0.39 is 41.5 Å². The molecule has 2 amide bonds. The Balaban J connectivity index is 1.56. The summed E-state index contributed by atoms with van der Waals surface area (Å²) in [5.41, 5.74) is 0.598. The van der Waals surface area contributed by atoms with Crippen LogP contribution in [-0.2, 0) is 23.2 Å². The number of nitrogens with one attached hydrogen (secondary N) is 2. The third kappa shape index (κ3) is 4.15. The Morgan fingerprint density at radius 3 is 2.38 bits per heavy atom. The van der Waals surface area contributed by atoms with Crippen molar-refractivity contribution in [1.29, 1.82) is 0 Å². The van der Waals surface area contributed by atoms with Crippen LogP contribution in [0.5, 0.6) is 0 Å². The molecule has 0 aliphatic rings. The summed E-state index contributed by atoms with van der Waals surface area (Å²) in [5.74, 6) is -5.93. The van der Waals surface area contributed by atoms with Crippen LogP contribution in [0.4, 0.5) is 18.9 Å². The van der Waals surface area contributed by atoms with Crippen LogP contribution < -0.4 is 16.3 Å². The van der Waals surface area contributed by atoms with Crippen molar-refractivity contribution in [3.05, 3.63) is 64.3 Å². The predicted molar refractivity (Wildman–Crippen MR) is 99.8 cm³/mol. The van der Waals surface area contributed by atoms with E-state index in [0.29, 0.717) is 11.6 Å². The topological polar surface area (TPSA) is 85.1 Å². The summed E-state index contributed by atoms with van der Waals surface area (Å²) in [7, 11) is 1.63. The van der Waals surface area contributed by atoms with Crippen molar-refractivity contribution in [2.45, 2.75) is 13.0 Å². The van der Waals surface area contributed by atoms with E-state index in [2.05, 4.69) is 10.6 Å². The fourth-order valence-corrected chi connectivity index (χ4v) is 2.88. The summed E-state index contributed by atoms with van der Waals surface area (Å²) in [4.78, 5) is 36.1. The van der Waals surface area contributed by atoms with Gasteiger partial charge in [-0.2, -0.15) is 0 Å². The number of aromatic nitrogens is 2. The van der Waals surface area contributed by atoms with Crippen molar-refractivity contribution >= 4 is 28.5 Å². The van der Waals surface area contributed by atoms with E-state index in [1.807, 2.05) is 0 Å². The third-order valence-electron chi connectivity index (χ3n) is 4.37. The number of para-hydroxylation sites is 2. The Morgan fingerprint density at radius 2 is 1.66 bits per heavy atom. The van der Waals surface area contributed by atoms with Gasteiger partial charge in [0, 0.05) is 20.0 Å². The summed E-state index contributed by atoms with van der Waals surface area (Å²) in [6, 6.07) is 8.68. The number of imidazole rings is 1. The second-order valence-electron chi connectivity index (χ2n) is 6.28. The number of anilines is 1. The van der Waals surface area contributed by atoms with Gasteiger partial charge in [-0.1, -0.05) is 12.1 Å². The normalized spacial score (nSPS) is 10.9. The Bertz CT molecular complexity index is 1150. The van der Waals surface area contributed by atoms with Gasteiger partial charge in [-0.05, 0) is 24.3 Å². The van der Waals surface area contributed by atoms with E-state index in [0.717, 1.165) is 11.6 Å². The number of rotatable bonds is 6. The summed E-state index contributed by atoms with van der Waals surface area (Å²) < 4.78 is 42.5. The number of hydrogen-bond donors (Lipinski definition) is 2. The minimum Gasteiger partial charge on any atom is -0.347 e. The van der Waals surface area contributed by atoms with Gasteiger partial charge in [0.15, 0.2) is 17.5 Å². The van der Waals surface area contributed by atoms with E-state index >= 15 is 0 Å². The number of benzene rings is 2. The lowest BCUT2D eigenvalue weighted by Gasteiger charge is -2.09. The van der Waals surface area contributed by atoms with Crippen LogP contribution in [0.1, 0.15) is 6.42 Å². The Morgan fingerprint density at radius 1 is 0.966 bits per heavy atom. The molecular formula is C19H17F3N4O3. The van der Waals surface area contributed by atoms with Crippen molar-refractivity contribution in [3.8, 4) is 0 Å². The fourth-order valence-electron chi connectivity index (χ4n) is 2.88. The minimum absolute atomic E-state index is 0.0687. The summed E-state index contributed by atoms with van der Waals surface area (Å²) in [6.07, 6.45) is -0.0687. The molecule has 0 aliphatic carbocycles. The maximum Gasteiger partial charge on any atom is 0.328 e. The SMILES string of the molecule is Cn1c(=O)n(CCC(=O)NCC(=O)Nc2ccc(F)c(F)c2F)c2ccccc21. The van der Waals surface area contributed by atoms with E-state index in [1.54, 1.807) is 31.3 Å². The molecule has 3 aromatic rings. The van der Waals surface area contributed by atoms with Gasteiger partial charge in [0.05, 0.1) is 23.3 Å². The molecule has 0 radical (unpaired) electrons. The number of halogens is 3. The number of carbonyl (C=O) groups excluding carboxylic acids is 2. The zero-order valence-corrected chi connectivity index (χ0v) is 15.3. The fraction of sp³-hybridized carbons (Fsp3) is 0.211. The summed E-state index contributed by atoms with van der Waals surface area (Å²) in [5, 5.41) is 4.38. The maximum atomic E-state index is 13.5. The number of aryl methyl sites for hydroxylation is 2. The molecule has 0 fully saturated rings. The first-order chi connectivity index (χ1) is 13.8. The van der Waals surface area contributed by atoms with Gasteiger partial charge in [0.2, 0.25) is 11.8 Å². The van der Waals surface area contributed by atoms with Crippen molar-refractivity contribution in [1.82, 2.24) is 14.5 Å². The highest BCUT2D eigenvalue weighted by Crippen LogP contribution is 2.19. The van der Waals surface area contributed by atoms with E-state index in [1.165, 1.54) is 9.13 Å². The highest BCUT2D eigenvalue weighted by Gasteiger charge is 2.16. The summed E-state index contributed by atoms with van der Waals surface area (Å²) in [6.45, 7) is -0.396. The van der Waals surface area contributed by atoms with Crippen LogP contribution in [0.15, 0.2) is 41.2 Å². The second-order valence-corrected chi connectivity index (χ2v) is 6.28. The Kier molecular flexibility index (Phi) is 5.71. The smallest absolute Gasteiger partial charge is 0.328 e. The molecule has 0 aliphatic heterocycles. The molecule has 0 atom stereocenters. The molecule has 0 spiro atoms. The molecule has 152 valence electrons. The number of hydrogen-bond acceptors (Lipinski definition) is 3. The van der Waals surface area contributed by atoms with Crippen molar-refractivity contribution in [3.63, 3.8) is 0 Å². The van der Waals surface area contributed by atoms with Crippen molar-refractivity contribution in [2.75, 3.05) is 11.9 Å². The Hall–Kier alpha value is -3.56. The largest absolute Gasteiger partial charge is 0.347 e. The van der Waals surface area contributed by atoms with Gasteiger partial charge in [-0.3, -0.25) is 18.7 Å². The highest BCUT2D eigenvalue weighted by atomic mass is 19.2. The molecule has 2 aromatic carbocycles. The zero-order chi connectivity index (χ0) is 21.1. The minimum atomic E-state index is -1.70. The number of fused-ring (bicyclic) bond motifs is 1. The third-order valence-corrected chi connectivity index (χ3v) is 4.37. The second kappa shape index (κ2) is 8.21. The highest BCUT2D eigenvalue weighted by molar-refractivity contribution is 5.94. The van der Waals surface area contributed by atoms with E-state index in [-0.39, 0.29) is 18.7 Å². The standard InChI is InChI=1S/C19H17F3N4O3/c1-25-13-4-2-3-5-14(13)26(19(25)29)9-8-15(27)23-10-16(28)24-12-7-6-11(20)17(21)18(12)22/h2-7H,8-10H2,1H3,(H,23,27)(H,24,28). The van der Waals surface area contributed by atoms with Gasteiger partial charge >= 0.3 is 5.69 Å². The van der Waals surface area contributed by atoms with Crippen LogP contribution in [-0.4, -0.2) is 27.5 Å². The van der Waals surface area contributed by atoms with Gasteiger partial charge in [0.1, 0.15) is 0 Å². The number of nitrogens with zero attached hydrogens (tertiary/aromatic N) is 2. The molecule has 2 N–H and O–H groups in total. The molecular weight excluding hydrogens is 389 g/mol. The zero-order valence-electron chi connectivity index (χ0n) is 15.3. The van der Waals surface area contributed by atoms with Crippen LogP contribution in [0.25, 0.3) is 11.0 Å². The van der Waals surface area contributed by atoms with E-state index in [4.69, 9.17) is 0 Å². The molecule has 1 aromatic heterocycles. The van der Waals surface area contributed by atoms with Crippen LogP contribution in [0, 0.1) is 17.5 Å². The average molecular weight is 406 g/mol. The molecule has 7 nitrogen and oxygen atoms in total. The summed E-state index contributed by atoms with van der Waals surface area (Å²) >= 11 is 0. The first kappa shape index (κ1) is 20.2. The number of carbonyl (C=O) groups is 2. The quantitative estimate of drug-likeness (QED) is 0.614.